The van der Waals surface area contributed by atoms with E-state index in [0.29, 0.717) is 44.2 Å². The molecule has 2 heterocycles. The number of hydrogen-bond acceptors (Lipinski definition) is 4. The molecule has 176 valence electrons. The minimum absolute atomic E-state index is 0.204. The van der Waals surface area contributed by atoms with Crippen molar-refractivity contribution >= 4 is 21.5 Å². The van der Waals surface area contributed by atoms with Crippen LogP contribution in [0.1, 0.15) is 57.4 Å². The first-order valence-electron chi connectivity index (χ1n) is 12.8. The highest BCUT2D eigenvalue weighted by atomic mass is 79.9. The van der Waals surface area contributed by atoms with E-state index in [2.05, 4.69) is 53.2 Å². The van der Waals surface area contributed by atoms with Crippen LogP contribution < -0.4 is 0 Å². The zero-order valence-corrected chi connectivity index (χ0v) is 21.0. The Morgan fingerprint density at radius 3 is 2.42 bits per heavy atom. The average molecular weight is 513 g/mol. The van der Waals surface area contributed by atoms with Crippen molar-refractivity contribution in [3.05, 3.63) is 51.5 Å². The Kier molecular flexibility index (Phi) is 4.85. The molecule has 7 rings (SSSR count). The Labute approximate surface area is 204 Å². The predicted molar refractivity (Wildman–Crippen MR) is 129 cm³/mol. The maximum atomic E-state index is 6.63. The van der Waals surface area contributed by atoms with Gasteiger partial charge in [0.1, 0.15) is 0 Å². The van der Waals surface area contributed by atoms with Gasteiger partial charge >= 0.3 is 0 Å². The predicted octanol–water partition coefficient (Wildman–Crippen LogP) is 6.26. The van der Waals surface area contributed by atoms with E-state index in [9.17, 15) is 0 Å². The van der Waals surface area contributed by atoms with E-state index in [1.54, 1.807) is 11.1 Å². The molecule has 2 aliphatic heterocycles. The highest BCUT2D eigenvalue weighted by Gasteiger charge is 2.78. The molecule has 0 spiro atoms. The van der Waals surface area contributed by atoms with Crippen LogP contribution in [-0.4, -0.2) is 38.0 Å². The summed E-state index contributed by atoms with van der Waals surface area (Å²) in [4.78, 5) is 0. The van der Waals surface area contributed by atoms with Crippen molar-refractivity contribution in [2.75, 3.05) is 26.4 Å². The van der Waals surface area contributed by atoms with Crippen LogP contribution in [0.2, 0.25) is 0 Å². The summed E-state index contributed by atoms with van der Waals surface area (Å²) in [6, 6.07) is 8.96. The number of rotatable bonds is 1. The van der Waals surface area contributed by atoms with Crippen molar-refractivity contribution in [3.8, 4) is 0 Å². The molecule has 2 saturated heterocycles. The van der Waals surface area contributed by atoms with E-state index in [1.807, 2.05) is 0 Å². The van der Waals surface area contributed by atoms with Crippen LogP contribution >= 0.6 is 15.9 Å². The lowest BCUT2D eigenvalue weighted by Crippen LogP contribution is -2.69. The molecule has 4 fully saturated rings. The fourth-order valence-electron chi connectivity index (χ4n) is 8.39. The van der Waals surface area contributed by atoms with Crippen molar-refractivity contribution < 1.29 is 18.9 Å². The van der Waals surface area contributed by atoms with Gasteiger partial charge in [0, 0.05) is 22.2 Å². The van der Waals surface area contributed by atoms with Gasteiger partial charge in [0.2, 0.25) is 11.6 Å². The quantitative estimate of drug-likeness (QED) is 0.416. The molecule has 33 heavy (non-hydrogen) atoms. The Morgan fingerprint density at radius 2 is 1.67 bits per heavy atom. The summed E-state index contributed by atoms with van der Waals surface area (Å²) in [5.41, 5.74) is 6.07. The molecule has 1 aromatic carbocycles. The van der Waals surface area contributed by atoms with E-state index in [0.717, 1.165) is 23.7 Å². The van der Waals surface area contributed by atoms with Crippen LogP contribution in [0.5, 0.6) is 0 Å². The van der Waals surface area contributed by atoms with Gasteiger partial charge in [-0.05, 0) is 67.2 Å². The molecule has 6 aliphatic rings. The maximum absolute atomic E-state index is 6.63. The molecule has 0 aromatic heterocycles. The lowest BCUT2D eigenvalue weighted by molar-refractivity contribution is -0.472. The number of allylic oxidation sites excluding steroid dienone is 4. The van der Waals surface area contributed by atoms with Gasteiger partial charge in [-0.2, -0.15) is 0 Å². The smallest absolute Gasteiger partial charge is 0.230 e. The molecule has 4 nitrogen and oxygen atoms in total. The van der Waals surface area contributed by atoms with Gasteiger partial charge in [-0.25, -0.2) is 0 Å². The molecule has 1 aromatic rings. The summed E-state index contributed by atoms with van der Waals surface area (Å²) < 4.78 is 27.3. The highest BCUT2D eigenvalue weighted by Crippen LogP contribution is 2.71. The zero-order chi connectivity index (χ0) is 22.3. The van der Waals surface area contributed by atoms with E-state index in [4.69, 9.17) is 18.9 Å². The van der Waals surface area contributed by atoms with E-state index < -0.39 is 11.6 Å². The largest absolute Gasteiger partial charge is 0.343 e. The molecule has 4 aliphatic carbocycles. The molecule has 2 saturated carbocycles. The second-order valence-corrected chi connectivity index (χ2v) is 11.9. The molecule has 0 radical (unpaired) electrons. The van der Waals surface area contributed by atoms with Gasteiger partial charge in [-0.3, -0.25) is 0 Å². The van der Waals surface area contributed by atoms with Gasteiger partial charge in [-0.1, -0.05) is 58.6 Å². The van der Waals surface area contributed by atoms with Crippen LogP contribution in [-0.2, 0) is 18.9 Å². The van der Waals surface area contributed by atoms with Crippen molar-refractivity contribution in [2.24, 2.45) is 23.2 Å². The summed E-state index contributed by atoms with van der Waals surface area (Å²) >= 11 is 3.64. The topological polar surface area (TPSA) is 36.9 Å². The molecule has 0 bridgehead atoms. The van der Waals surface area contributed by atoms with Crippen molar-refractivity contribution in [3.63, 3.8) is 0 Å². The van der Waals surface area contributed by atoms with Gasteiger partial charge in [0.15, 0.2) is 0 Å². The van der Waals surface area contributed by atoms with E-state index >= 15 is 0 Å². The Balaban J connectivity index is 1.43. The van der Waals surface area contributed by atoms with Crippen molar-refractivity contribution in [1.29, 1.82) is 0 Å². The normalized spacial score (nSPS) is 44.2. The van der Waals surface area contributed by atoms with Gasteiger partial charge in [0.25, 0.3) is 0 Å². The van der Waals surface area contributed by atoms with Crippen molar-refractivity contribution in [2.45, 2.75) is 63.4 Å². The summed E-state index contributed by atoms with van der Waals surface area (Å²) in [5.74, 6) is -0.0957. The molecule has 0 N–H and O–H groups in total. The fourth-order valence-corrected chi connectivity index (χ4v) is 8.66. The third-order valence-electron chi connectivity index (χ3n) is 9.64. The van der Waals surface area contributed by atoms with Crippen LogP contribution in [0, 0.1) is 23.2 Å². The van der Waals surface area contributed by atoms with Gasteiger partial charge < -0.3 is 18.9 Å². The molecule has 5 heteroatoms. The third kappa shape index (κ3) is 2.78. The first-order valence-corrected chi connectivity index (χ1v) is 13.6. The molecule has 0 unspecified atom stereocenters. The molecular weight excluding hydrogens is 480 g/mol. The summed E-state index contributed by atoms with van der Waals surface area (Å²) in [5, 5.41) is 0. The van der Waals surface area contributed by atoms with Crippen LogP contribution in [0.15, 0.2) is 46.0 Å². The van der Waals surface area contributed by atoms with E-state index in [1.165, 1.54) is 36.8 Å². The zero-order valence-electron chi connectivity index (χ0n) is 19.4. The van der Waals surface area contributed by atoms with Crippen LogP contribution in [0.25, 0.3) is 5.57 Å². The SMILES string of the molecule is C[C@]12CC(c3ccc(Br)cc3)=C3[C@H]4CCCCC4=CC[C@H]3[C@@H]1CC13OCCOC12OCCO3. The highest BCUT2D eigenvalue weighted by molar-refractivity contribution is 9.10. The Morgan fingerprint density at radius 1 is 0.939 bits per heavy atom. The second-order valence-electron chi connectivity index (χ2n) is 11.0. The fraction of sp³-hybridized carbons (Fsp3) is 0.643. The summed E-state index contributed by atoms with van der Waals surface area (Å²) in [6.45, 7) is 4.68. The summed E-state index contributed by atoms with van der Waals surface area (Å²) in [7, 11) is 0. The minimum atomic E-state index is -0.829. The number of hydrogen-bond donors (Lipinski definition) is 0. The van der Waals surface area contributed by atoms with Gasteiger partial charge in [0.05, 0.1) is 26.4 Å². The Bertz CT molecular complexity index is 1010. The molecule has 0 amide bonds. The minimum Gasteiger partial charge on any atom is -0.343 e. The van der Waals surface area contributed by atoms with Crippen LogP contribution in [0.4, 0.5) is 0 Å². The number of halogens is 1. The monoisotopic (exact) mass is 512 g/mol. The first kappa shape index (κ1) is 21.3. The van der Waals surface area contributed by atoms with Crippen LogP contribution in [0.3, 0.4) is 0 Å². The molecule has 4 atom stereocenters. The lowest BCUT2D eigenvalue weighted by Gasteiger charge is -2.57. The molecular formula is C28H33BrO4. The third-order valence-corrected chi connectivity index (χ3v) is 10.2. The number of benzene rings is 1. The van der Waals surface area contributed by atoms with E-state index in [-0.39, 0.29) is 5.41 Å². The summed E-state index contributed by atoms with van der Waals surface area (Å²) in [6.07, 6.45) is 10.7. The Hall–Kier alpha value is -0.980. The number of fused-ring (bicyclic) bond motifs is 5. The van der Waals surface area contributed by atoms with Crippen molar-refractivity contribution in [1.82, 2.24) is 0 Å². The number of ether oxygens (including phenoxy) is 4. The second kappa shape index (κ2) is 7.51. The first-order chi connectivity index (χ1) is 16.1. The maximum Gasteiger partial charge on any atom is 0.230 e. The average Bonchev–Trinajstić information content (AvgIpc) is 3.10. The van der Waals surface area contributed by atoms with Gasteiger partial charge in [-0.15, -0.1) is 0 Å². The standard InChI is InChI=1S/C28H33BrO4/c1-26-16-23(19-6-9-20(29)10-7-19)25-21-5-3-2-4-18(21)8-11-22(25)24(26)17-27-28(26,32-14-12-30-27)33-15-13-31-27/h6-10,21-22,24H,2-5,11-17H2,1H3/t21-,22-,24-,26-,27?,28?/m0/s1. The lowest BCUT2D eigenvalue weighted by atomic mass is 9.54.